The van der Waals surface area contributed by atoms with Gasteiger partial charge in [-0.05, 0) is 67.9 Å². The number of carbonyl (C=O) groups is 1. The van der Waals surface area contributed by atoms with E-state index >= 15 is 0 Å². The number of tetrazole rings is 1. The van der Waals surface area contributed by atoms with Crippen molar-refractivity contribution in [2.75, 3.05) is 18.4 Å². The van der Waals surface area contributed by atoms with Crippen molar-refractivity contribution in [1.82, 2.24) is 40.5 Å². The molecule has 2 aromatic heterocycles. The van der Waals surface area contributed by atoms with E-state index in [4.69, 9.17) is 0 Å². The van der Waals surface area contributed by atoms with Crippen molar-refractivity contribution in [3.8, 4) is 5.69 Å². The molecule has 10 heteroatoms. The number of benzene rings is 1. The second-order valence-corrected chi connectivity index (χ2v) is 6.66. The molecule has 0 bridgehead atoms. The van der Waals surface area contributed by atoms with Gasteiger partial charge in [0, 0.05) is 5.69 Å². The van der Waals surface area contributed by atoms with Crippen molar-refractivity contribution in [3.05, 3.63) is 41.5 Å². The molecule has 3 heterocycles. The molecule has 4 rings (SSSR count). The van der Waals surface area contributed by atoms with Crippen LogP contribution in [0.1, 0.15) is 40.6 Å². The molecule has 0 saturated carbocycles. The van der Waals surface area contributed by atoms with Crippen molar-refractivity contribution < 1.29 is 4.79 Å². The smallest absolute Gasteiger partial charge is 0.278 e. The lowest BCUT2D eigenvalue weighted by atomic mass is 10.1. The van der Waals surface area contributed by atoms with Gasteiger partial charge in [-0.3, -0.25) is 4.79 Å². The lowest BCUT2D eigenvalue weighted by Gasteiger charge is -2.23. The normalized spacial score (nSPS) is 15.0. The van der Waals surface area contributed by atoms with Gasteiger partial charge < -0.3 is 10.6 Å². The third kappa shape index (κ3) is 3.43. The van der Waals surface area contributed by atoms with Gasteiger partial charge in [0.25, 0.3) is 5.91 Å². The molecule has 1 saturated heterocycles. The first-order chi connectivity index (χ1) is 13.1. The number of hydrogen-bond donors (Lipinski definition) is 2. The van der Waals surface area contributed by atoms with Crippen LogP contribution in [0.2, 0.25) is 0 Å². The Kier molecular flexibility index (Phi) is 4.63. The van der Waals surface area contributed by atoms with Gasteiger partial charge >= 0.3 is 0 Å². The van der Waals surface area contributed by atoms with E-state index in [-0.39, 0.29) is 11.9 Å². The summed E-state index contributed by atoms with van der Waals surface area (Å²) < 4.78 is 3.43. The average molecular weight is 367 g/mol. The first-order valence-corrected chi connectivity index (χ1v) is 8.91. The van der Waals surface area contributed by atoms with Crippen molar-refractivity contribution >= 4 is 11.6 Å². The molecule has 2 N–H and O–H groups in total. The highest BCUT2D eigenvalue weighted by atomic mass is 16.2. The van der Waals surface area contributed by atoms with Crippen LogP contribution in [0.5, 0.6) is 0 Å². The third-order valence-electron chi connectivity index (χ3n) is 4.86. The minimum atomic E-state index is -0.279. The van der Waals surface area contributed by atoms with Crippen molar-refractivity contribution in [3.63, 3.8) is 0 Å². The molecule has 1 aliphatic rings. The van der Waals surface area contributed by atoms with Crippen LogP contribution < -0.4 is 10.6 Å². The predicted molar refractivity (Wildman–Crippen MR) is 97.7 cm³/mol. The lowest BCUT2D eigenvalue weighted by Crippen LogP contribution is -2.30. The molecule has 3 aromatic rings. The van der Waals surface area contributed by atoms with Crippen molar-refractivity contribution in [1.29, 1.82) is 0 Å². The number of piperidine rings is 1. The summed E-state index contributed by atoms with van der Waals surface area (Å²) in [5.41, 5.74) is 3.57. The van der Waals surface area contributed by atoms with E-state index in [1.165, 1.54) is 6.33 Å². The second kappa shape index (κ2) is 7.23. The van der Waals surface area contributed by atoms with Gasteiger partial charge in [-0.1, -0.05) is 11.3 Å². The van der Waals surface area contributed by atoms with Gasteiger partial charge in [-0.2, -0.15) is 0 Å². The van der Waals surface area contributed by atoms with Crippen molar-refractivity contribution in [2.45, 2.75) is 32.7 Å². The molecule has 27 heavy (non-hydrogen) atoms. The highest BCUT2D eigenvalue weighted by Crippen LogP contribution is 2.22. The largest absolute Gasteiger partial charge is 0.320 e. The van der Waals surface area contributed by atoms with Crippen LogP contribution in [-0.2, 0) is 0 Å². The molecule has 0 spiro atoms. The van der Waals surface area contributed by atoms with Crippen LogP contribution in [0.3, 0.4) is 0 Å². The fourth-order valence-electron chi connectivity index (χ4n) is 3.34. The number of nitrogens with zero attached hydrogens (tertiary/aromatic N) is 7. The fraction of sp³-hybridized carbons (Fsp3) is 0.412. The van der Waals surface area contributed by atoms with Crippen LogP contribution in [0, 0.1) is 13.8 Å². The minimum absolute atomic E-state index is 0.279. The van der Waals surface area contributed by atoms with E-state index in [0.29, 0.717) is 11.4 Å². The van der Waals surface area contributed by atoms with E-state index in [1.807, 2.05) is 36.7 Å². The summed E-state index contributed by atoms with van der Waals surface area (Å²) in [7, 11) is 0. The van der Waals surface area contributed by atoms with Crippen LogP contribution in [0.15, 0.2) is 24.5 Å². The molecule has 0 aliphatic carbocycles. The number of rotatable bonds is 4. The molecule has 0 atom stereocenters. The average Bonchev–Trinajstić information content (AvgIpc) is 3.34. The zero-order valence-electron chi connectivity index (χ0n) is 15.3. The summed E-state index contributed by atoms with van der Waals surface area (Å²) >= 11 is 0. The maximum atomic E-state index is 12.7. The minimum Gasteiger partial charge on any atom is -0.320 e. The Morgan fingerprint density at radius 2 is 2.04 bits per heavy atom. The number of anilines is 1. The molecule has 0 unspecified atom stereocenters. The standard InChI is InChI=1S/C17H21N9O/c1-11-3-4-13(9-15(11)25-10-19-22-24-25)20-17(27)16-12(2)26(23-21-16)14-5-7-18-8-6-14/h3-4,9-10,14,18H,5-8H2,1-2H3,(H,20,27). The summed E-state index contributed by atoms with van der Waals surface area (Å²) in [5, 5.41) is 25.8. The number of carbonyl (C=O) groups excluding carboxylic acids is 1. The van der Waals surface area contributed by atoms with Crippen molar-refractivity contribution in [2.24, 2.45) is 0 Å². The first-order valence-electron chi connectivity index (χ1n) is 8.91. The predicted octanol–water partition coefficient (Wildman–Crippen LogP) is 1.05. The molecule has 1 aromatic carbocycles. The molecular formula is C17H21N9O. The number of hydrogen-bond acceptors (Lipinski definition) is 7. The lowest BCUT2D eigenvalue weighted by molar-refractivity contribution is 0.102. The van der Waals surface area contributed by atoms with Gasteiger partial charge in [-0.15, -0.1) is 10.2 Å². The van der Waals surface area contributed by atoms with Crippen LogP contribution in [-0.4, -0.2) is 54.2 Å². The zero-order valence-corrected chi connectivity index (χ0v) is 15.3. The van der Waals surface area contributed by atoms with Gasteiger partial charge in [0.1, 0.15) is 6.33 Å². The Bertz CT molecular complexity index is 941. The summed E-state index contributed by atoms with van der Waals surface area (Å²) in [6.45, 7) is 5.75. The Morgan fingerprint density at radius 1 is 1.22 bits per heavy atom. The van der Waals surface area contributed by atoms with Gasteiger partial charge in [0.05, 0.1) is 17.4 Å². The number of aromatic nitrogens is 7. The summed E-state index contributed by atoms with van der Waals surface area (Å²) in [4.78, 5) is 12.7. The molecule has 0 radical (unpaired) electrons. The Labute approximate surface area is 155 Å². The van der Waals surface area contributed by atoms with Crippen LogP contribution in [0.25, 0.3) is 5.69 Å². The summed E-state index contributed by atoms with van der Waals surface area (Å²) in [6.07, 6.45) is 3.49. The molecule has 10 nitrogen and oxygen atoms in total. The van der Waals surface area contributed by atoms with Gasteiger partial charge in [-0.25, -0.2) is 9.36 Å². The number of aryl methyl sites for hydroxylation is 1. The maximum Gasteiger partial charge on any atom is 0.278 e. The topological polar surface area (TPSA) is 115 Å². The van der Waals surface area contributed by atoms with Gasteiger partial charge in [0.2, 0.25) is 0 Å². The summed E-state index contributed by atoms with van der Waals surface area (Å²) in [6, 6.07) is 5.86. The Balaban J connectivity index is 1.55. The van der Waals surface area contributed by atoms with Crippen LogP contribution >= 0.6 is 0 Å². The van der Waals surface area contributed by atoms with Crippen LogP contribution in [0.4, 0.5) is 5.69 Å². The number of nitrogens with one attached hydrogen (secondary N) is 2. The highest BCUT2D eigenvalue weighted by molar-refractivity contribution is 6.03. The monoisotopic (exact) mass is 367 g/mol. The Morgan fingerprint density at radius 3 is 2.78 bits per heavy atom. The molecule has 1 amide bonds. The van der Waals surface area contributed by atoms with E-state index < -0.39 is 0 Å². The highest BCUT2D eigenvalue weighted by Gasteiger charge is 2.23. The summed E-state index contributed by atoms with van der Waals surface area (Å²) in [5.74, 6) is -0.279. The first kappa shape index (κ1) is 17.3. The fourth-order valence-corrected chi connectivity index (χ4v) is 3.34. The second-order valence-electron chi connectivity index (χ2n) is 6.66. The number of amides is 1. The molecular weight excluding hydrogens is 346 g/mol. The maximum absolute atomic E-state index is 12.7. The van der Waals surface area contributed by atoms with E-state index in [9.17, 15) is 4.79 Å². The van der Waals surface area contributed by atoms with E-state index in [2.05, 4.69) is 36.5 Å². The molecule has 140 valence electrons. The van der Waals surface area contributed by atoms with Gasteiger partial charge in [0.15, 0.2) is 5.69 Å². The molecule has 1 aliphatic heterocycles. The Hall–Kier alpha value is -3.14. The quantitative estimate of drug-likeness (QED) is 0.708. The van der Waals surface area contributed by atoms with E-state index in [0.717, 1.165) is 42.9 Å². The SMILES string of the molecule is Cc1ccc(NC(=O)c2nnn(C3CCNCC3)c2C)cc1-n1cnnn1. The zero-order chi connectivity index (χ0) is 18.8. The van der Waals surface area contributed by atoms with E-state index in [1.54, 1.807) is 4.68 Å². The molecule has 1 fully saturated rings. The third-order valence-corrected chi connectivity index (χ3v) is 4.86.